The summed E-state index contributed by atoms with van der Waals surface area (Å²) in [5.74, 6) is 0.378. The molecular weight excluding hydrogens is 630 g/mol. The molecule has 4 rings (SSSR count). The van der Waals surface area contributed by atoms with Crippen molar-refractivity contribution in [1.82, 2.24) is 15.6 Å². The minimum atomic E-state index is -0.317. The zero-order valence-corrected chi connectivity index (χ0v) is 25.4. The summed E-state index contributed by atoms with van der Waals surface area (Å²) in [6.07, 6.45) is 1.33. The van der Waals surface area contributed by atoms with Crippen LogP contribution >= 0.6 is 43.6 Å². The summed E-state index contributed by atoms with van der Waals surface area (Å²) in [4.78, 5) is 12.5. The van der Waals surface area contributed by atoms with Crippen LogP contribution in [0.3, 0.4) is 0 Å². The number of carbonyl (C=O) groups is 1. The van der Waals surface area contributed by atoms with E-state index in [-0.39, 0.29) is 22.8 Å². The highest BCUT2D eigenvalue weighted by Crippen LogP contribution is 2.29. The molecule has 0 aliphatic rings. The molecule has 0 fully saturated rings. The quantitative estimate of drug-likeness (QED) is 0.114. The minimum Gasteiger partial charge on any atom is -0.871 e. The highest BCUT2D eigenvalue weighted by atomic mass is 79.9. The highest BCUT2D eigenvalue weighted by molar-refractivity contribution is 9.11. The van der Waals surface area contributed by atoms with Crippen LogP contribution in [0.5, 0.6) is 5.75 Å². The Morgan fingerprint density at radius 2 is 1.82 bits per heavy atom. The summed E-state index contributed by atoms with van der Waals surface area (Å²) >= 11 is 7.86. The van der Waals surface area contributed by atoms with E-state index >= 15 is 0 Å². The van der Waals surface area contributed by atoms with E-state index in [1.54, 1.807) is 12.1 Å². The van der Waals surface area contributed by atoms with E-state index in [0.29, 0.717) is 15.2 Å². The molecule has 0 aliphatic heterocycles. The maximum Gasteiger partial charge on any atom is 0.342 e. The first-order valence-electron chi connectivity index (χ1n) is 11.8. The Labute approximate surface area is 243 Å². The first kappa shape index (κ1) is 28.1. The fourth-order valence-electron chi connectivity index (χ4n) is 3.66. The second-order valence-electron chi connectivity index (χ2n) is 9.74. The zero-order valence-electron chi connectivity index (χ0n) is 21.4. The second-order valence-corrected chi connectivity index (χ2v) is 12.5. The molecule has 1 heterocycles. The average molecular weight is 657 g/mol. The Bertz CT molecular complexity index is 1480. The Balaban J connectivity index is 1.54. The number of thioether (sulfide) groups is 1. The van der Waals surface area contributed by atoms with Crippen molar-refractivity contribution >= 4 is 55.7 Å². The molecule has 7 nitrogen and oxygen atoms in total. The van der Waals surface area contributed by atoms with Crippen molar-refractivity contribution in [2.75, 3.05) is 5.75 Å². The van der Waals surface area contributed by atoms with Crippen molar-refractivity contribution in [2.24, 2.45) is 5.10 Å². The van der Waals surface area contributed by atoms with E-state index in [4.69, 9.17) is 0 Å². The number of aromatic nitrogens is 3. The summed E-state index contributed by atoms with van der Waals surface area (Å²) < 4.78 is 3.16. The predicted octanol–water partition coefficient (Wildman–Crippen LogP) is 5.80. The molecule has 38 heavy (non-hydrogen) atoms. The molecule has 0 bridgehead atoms. The number of benzene rings is 3. The molecule has 0 saturated carbocycles. The van der Waals surface area contributed by atoms with Gasteiger partial charge in [0.15, 0.2) is 0 Å². The van der Waals surface area contributed by atoms with Gasteiger partial charge in [-0.1, -0.05) is 88.2 Å². The van der Waals surface area contributed by atoms with E-state index in [1.807, 2.05) is 35.8 Å². The number of amides is 1. The number of hydrogen-bond acceptors (Lipinski definition) is 5. The van der Waals surface area contributed by atoms with Crippen LogP contribution in [0.25, 0.3) is 17.1 Å². The van der Waals surface area contributed by atoms with Gasteiger partial charge < -0.3 is 5.11 Å². The van der Waals surface area contributed by atoms with Crippen LogP contribution in [0.1, 0.15) is 37.5 Å². The van der Waals surface area contributed by atoms with E-state index in [9.17, 15) is 9.90 Å². The Hall–Kier alpha value is -2.95. The lowest BCUT2D eigenvalue weighted by Gasteiger charge is -2.18. The summed E-state index contributed by atoms with van der Waals surface area (Å²) in [5, 5.41) is 24.5. The van der Waals surface area contributed by atoms with Gasteiger partial charge in [0.2, 0.25) is 0 Å². The van der Waals surface area contributed by atoms with Gasteiger partial charge in [-0.2, -0.15) is 9.67 Å². The molecule has 1 aromatic heterocycles. The lowest BCUT2D eigenvalue weighted by Crippen LogP contribution is -2.34. The molecule has 10 heteroatoms. The van der Waals surface area contributed by atoms with Crippen LogP contribution in [-0.2, 0) is 10.2 Å². The fourth-order valence-corrected chi connectivity index (χ4v) is 5.68. The van der Waals surface area contributed by atoms with Gasteiger partial charge in [0, 0.05) is 8.95 Å². The van der Waals surface area contributed by atoms with E-state index in [0.717, 1.165) is 27.1 Å². The van der Waals surface area contributed by atoms with Crippen molar-refractivity contribution in [2.45, 2.75) is 38.3 Å². The molecule has 0 spiro atoms. The number of aromatic amines is 1. The van der Waals surface area contributed by atoms with Gasteiger partial charge in [0.1, 0.15) is 5.69 Å². The third-order valence-corrected chi connectivity index (χ3v) is 7.74. The van der Waals surface area contributed by atoms with Crippen molar-refractivity contribution in [3.05, 3.63) is 86.3 Å². The highest BCUT2D eigenvalue weighted by Gasteiger charge is 2.25. The van der Waals surface area contributed by atoms with Crippen molar-refractivity contribution in [3.63, 3.8) is 0 Å². The van der Waals surface area contributed by atoms with Crippen molar-refractivity contribution in [1.29, 1.82) is 0 Å². The van der Waals surface area contributed by atoms with E-state index in [1.165, 1.54) is 23.5 Å². The smallest absolute Gasteiger partial charge is 0.342 e. The van der Waals surface area contributed by atoms with Crippen molar-refractivity contribution < 1.29 is 14.5 Å². The van der Waals surface area contributed by atoms with Gasteiger partial charge in [-0.05, 0) is 71.6 Å². The zero-order chi connectivity index (χ0) is 27.4. The number of aryl methyl sites for hydroxylation is 1. The van der Waals surface area contributed by atoms with Gasteiger partial charge >= 0.3 is 5.16 Å². The normalized spacial score (nSPS) is 11.7. The molecule has 1 amide bonds. The standard InChI is InChI=1S/C28H27Br2N5O2S/c1-17-5-11-22(12-6-17)35-26(18-7-9-20(10-8-18)28(2,3)4)33-34-27(35)38-16-24(36)32-31-15-19-13-21(29)14-23(30)25(19)37/h5-15H,16H2,1-4H3,(H2,31,32,36,37). The Kier molecular flexibility index (Phi) is 8.74. The summed E-state index contributed by atoms with van der Waals surface area (Å²) in [6.45, 7) is 8.60. The van der Waals surface area contributed by atoms with Crippen LogP contribution in [0, 0.1) is 6.92 Å². The van der Waals surface area contributed by atoms with Gasteiger partial charge in [0.25, 0.3) is 11.7 Å². The predicted molar refractivity (Wildman–Crippen MR) is 157 cm³/mol. The molecule has 0 aliphatic carbocycles. The molecule has 196 valence electrons. The maximum absolute atomic E-state index is 12.5. The molecular formula is C28H27Br2N5O2S. The fraction of sp³-hybridized carbons (Fsp3) is 0.214. The largest absolute Gasteiger partial charge is 0.871 e. The summed E-state index contributed by atoms with van der Waals surface area (Å²) in [6, 6.07) is 19.9. The van der Waals surface area contributed by atoms with Crippen LogP contribution < -0.4 is 15.1 Å². The first-order chi connectivity index (χ1) is 18.0. The Morgan fingerprint density at radius 1 is 1.13 bits per heavy atom. The van der Waals surface area contributed by atoms with Crippen molar-refractivity contribution in [3.8, 4) is 22.8 Å². The third kappa shape index (κ3) is 6.73. The second kappa shape index (κ2) is 11.8. The van der Waals surface area contributed by atoms with Gasteiger partial charge in [-0.15, -0.1) is 5.10 Å². The van der Waals surface area contributed by atoms with Crippen LogP contribution in [0.2, 0.25) is 0 Å². The van der Waals surface area contributed by atoms with Gasteiger partial charge in [-0.25, -0.2) is 5.43 Å². The molecule has 2 N–H and O–H groups in total. The first-order valence-corrected chi connectivity index (χ1v) is 14.4. The van der Waals surface area contributed by atoms with E-state index in [2.05, 4.69) is 97.6 Å². The number of nitrogens with zero attached hydrogens (tertiary/aromatic N) is 3. The number of hydrazone groups is 1. The number of nitrogens with one attached hydrogen (secondary N) is 2. The number of halogens is 2. The SMILES string of the molecule is Cc1ccc(-[n+]2c(SCC(=O)NN=Cc3cc(Br)cc(Br)c3[O-])n[nH]c2-c2ccc(C(C)(C)C)cc2)cc1. The average Bonchev–Trinajstić information content (AvgIpc) is 3.29. The summed E-state index contributed by atoms with van der Waals surface area (Å²) in [7, 11) is 0. The monoisotopic (exact) mass is 655 g/mol. The molecule has 0 radical (unpaired) electrons. The molecule has 0 atom stereocenters. The third-order valence-electron chi connectivity index (χ3n) is 5.75. The molecule has 0 unspecified atom stereocenters. The lowest BCUT2D eigenvalue weighted by molar-refractivity contribution is -0.625. The van der Waals surface area contributed by atoms with E-state index < -0.39 is 0 Å². The van der Waals surface area contributed by atoms with Gasteiger partial charge in [-0.3, -0.25) is 4.79 Å². The van der Waals surface area contributed by atoms with Crippen LogP contribution in [-0.4, -0.2) is 28.1 Å². The summed E-state index contributed by atoms with van der Waals surface area (Å²) in [5.41, 5.74) is 7.21. The van der Waals surface area contributed by atoms with Gasteiger partial charge in [0.05, 0.1) is 22.6 Å². The topological polar surface area (TPSA) is 97.1 Å². The number of H-pyrrole nitrogens is 1. The van der Waals surface area contributed by atoms with Crippen LogP contribution in [0.15, 0.2) is 79.9 Å². The lowest BCUT2D eigenvalue weighted by atomic mass is 9.87. The Morgan fingerprint density at radius 3 is 2.47 bits per heavy atom. The number of carbonyl (C=O) groups excluding carboxylic acids is 1. The number of hydrogen-bond donors (Lipinski definition) is 2. The number of rotatable bonds is 7. The molecule has 4 aromatic rings. The maximum atomic E-state index is 12.5. The molecule has 3 aromatic carbocycles. The minimum absolute atomic E-state index is 0.0546. The molecule has 0 saturated heterocycles. The van der Waals surface area contributed by atoms with Crippen LogP contribution in [0.4, 0.5) is 0 Å².